The van der Waals surface area contributed by atoms with Gasteiger partial charge in [-0.1, -0.05) is 54.1 Å². The average Bonchev–Trinajstić information content (AvgIpc) is 3.20. The molecule has 0 bridgehead atoms. The summed E-state index contributed by atoms with van der Waals surface area (Å²) in [6.45, 7) is 11.2. The zero-order valence-corrected chi connectivity index (χ0v) is 14.5. The predicted molar refractivity (Wildman–Crippen MR) is 91.1 cm³/mol. The van der Waals surface area contributed by atoms with Gasteiger partial charge in [-0.15, -0.1) is 0 Å². The smallest absolute Gasteiger partial charge is 0.0175 e. The molecule has 0 saturated heterocycles. The second kappa shape index (κ2) is 6.91. The Balaban J connectivity index is 2.10. The van der Waals surface area contributed by atoms with Crippen LogP contribution < -0.4 is 0 Å². The predicted octanol–water partition coefficient (Wildman–Crippen LogP) is 5.09. The monoisotopic (exact) mass is 335 g/mol. The van der Waals surface area contributed by atoms with E-state index < -0.39 is 0 Å². The molecule has 0 radical (unpaired) electrons. The van der Waals surface area contributed by atoms with E-state index in [0.29, 0.717) is 11.8 Å². The second-order valence-corrected chi connectivity index (χ2v) is 7.41. The Morgan fingerprint density at radius 1 is 1.30 bits per heavy atom. The Bertz CT molecular complexity index is 445. The first kappa shape index (κ1) is 15.8. The third kappa shape index (κ3) is 4.46. The zero-order chi connectivity index (χ0) is 14.7. The highest BCUT2D eigenvalue weighted by Crippen LogP contribution is 2.33. The summed E-state index contributed by atoms with van der Waals surface area (Å²) in [5.41, 5.74) is 2.73. The molecule has 1 aliphatic rings. The molecule has 0 unspecified atom stereocenters. The van der Waals surface area contributed by atoms with Crippen molar-refractivity contribution in [2.45, 2.75) is 32.6 Å². The molecular formula is C18H26BrN. The van der Waals surface area contributed by atoms with Crippen molar-refractivity contribution >= 4 is 15.9 Å². The van der Waals surface area contributed by atoms with E-state index in [9.17, 15) is 0 Å². The molecule has 1 saturated carbocycles. The minimum Gasteiger partial charge on any atom is -0.305 e. The van der Waals surface area contributed by atoms with E-state index in [1.165, 1.54) is 30.5 Å². The molecule has 1 nitrogen and oxygen atoms in total. The molecule has 1 fully saturated rings. The van der Waals surface area contributed by atoms with Crippen LogP contribution in [0.1, 0.15) is 38.2 Å². The topological polar surface area (TPSA) is 3.24 Å². The van der Waals surface area contributed by atoms with Crippen molar-refractivity contribution in [2.75, 3.05) is 20.1 Å². The van der Waals surface area contributed by atoms with Crippen molar-refractivity contribution in [1.82, 2.24) is 4.90 Å². The minimum absolute atomic E-state index is 0.437. The third-order valence-corrected chi connectivity index (χ3v) is 4.75. The summed E-state index contributed by atoms with van der Waals surface area (Å²) < 4.78 is 1.14. The van der Waals surface area contributed by atoms with Crippen molar-refractivity contribution < 1.29 is 0 Å². The van der Waals surface area contributed by atoms with Crippen LogP contribution in [0.4, 0.5) is 0 Å². The number of hydrogen-bond acceptors (Lipinski definition) is 1. The van der Waals surface area contributed by atoms with Gasteiger partial charge in [-0.25, -0.2) is 0 Å². The molecule has 1 aromatic carbocycles. The average molecular weight is 336 g/mol. The molecule has 20 heavy (non-hydrogen) atoms. The van der Waals surface area contributed by atoms with Gasteiger partial charge in [0.05, 0.1) is 0 Å². The summed E-state index contributed by atoms with van der Waals surface area (Å²) in [6.07, 6.45) is 2.83. The van der Waals surface area contributed by atoms with Crippen LogP contribution >= 0.6 is 15.9 Å². The van der Waals surface area contributed by atoms with Crippen molar-refractivity contribution in [3.63, 3.8) is 0 Å². The van der Waals surface area contributed by atoms with Gasteiger partial charge in [-0.2, -0.15) is 0 Å². The van der Waals surface area contributed by atoms with Crippen LogP contribution in [0.25, 0.3) is 0 Å². The number of hydrogen-bond donors (Lipinski definition) is 0. The largest absolute Gasteiger partial charge is 0.305 e. The van der Waals surface area contributed by atoms with Gasteiger partial charge in [-0.05, 0) is 49.4 Å². The first-order valence-electron chi connectivity index (χ1n) is 7.60. The van der Waals surface area contributed by atoms with Gasteiger partial charge in [0.2, 0.25) is 0 Å². The maximum Gasteiger partial charge on any atom is 0.0175 e. The lowest BCUT2D eigenvalue weighted by atomic mass is 9.85. The number of likely N-dealkylation sites (N-methyl/N-ethyl adjacent to an activating group) is 1. The molecule has 0 aliphatic heterocycles. The molecule has 0 heterocycles. The van der Waals surface area contributed by atoms with Crippen molar-refractivity contribution in [2.24, 2.45) is 11.8 Å². The van der Waals surface area contributed by atoms with E-state index in [-0.39, 0.29) is 0 Å². The van der Waals surface area contributed by atoms with Gasteiger partial charge in [0.15, 0.2) is 0 Å². The fraction of sp³-hybridized carbons (Fsp3) is 0.556. The van der Waals surface area contributed by atoms with Crippen LogP contribution in [-0.2, 0) is 0 Å². The maximum atomic E-state index is 4.36. The zero-order valence-electron chi connectivity index (χ0n) is 12.9. The molecule has 0 spiro atoms. The fourth-order valence-corrected chi connectivity index (χ4v) is 2.93. The Morgan fingerprint density at radius 3 is 2.40 bits per heavy atom. The second-order valence-electron chi connectivity index (χ2n) is 6.50. The third-order valence-electron chi connectivity index (χ3n) is 4.22. The van der Waals surface area contributed by atoms with Crippen molar-refractivity contribution in [3.05, 3.63) is 46.5 Å². The molecule has 0 N–H and O–H groups in total. The van der Waals surface area contributed by atoms with Gasteiger partial charge >= 0.3 is 0 Å². The number of halogens is 1. The quantitative estimate of drug-likeness (QED) is 0.627. The van der Waals surface area contributed by atoms with Crippen LogP contribution in [0.3, 0.4) is 0 Å². The normalized spacial score (nSPS) is 16.7. The summed E-state index contributed by atoms with van der Waals surface area (Å²) in [7, 11) is 2.25. The highest BCUT2D eigenvalue weighted by atomic mass is 79.9. The van der Waals surface area contributed by atoms with Crippen molar-refractivity contribution in [1.29, 1.82) is 0 Å². The highest BCUT2D eigenvalue weighted by molar-refractivity contribution is 9.10. The Labute approximate surface area is 132 Å². The lowest BCUT2D eigenvalue weighted by Gasteiger charge is -2.28. The molecule has 110 valence electrons. The number of benzene rings is 1. The SMILES string of the molecule is C=C(C(C)C)[C@H](CN(C)CC1CC1)c1ccc(Br)cc1. The van der Waals surface area contributed by atoms with Gasteiger partial charge in [-0.3, -0.25) is 0 Å². The maximum absolute atomic E-state index is 4.36. The van der Waals surface area contributed by atoms with E-state index in [2.05, 4.69) is 72.6 Å². The summed E-state index contributed by atoms with van der Waals surface area (Å²) in [6, 6.07) is 8.73. The summed E-state index contributed by atoms with van der Waals surface area (Å²) >= 11 is 3.52. The summed E-state index contributed by atoms with van der Waals surface area (Å²) in [5, 5.41) is 0. The Morgan fingerprint density at radius 2 is 1.90 bits per heavy atom. The lowest BCUT2D eigenvalue weighted by molar-refractivity contribution is 0.305. The van der Waals surface area contributed by atoms with Gasteiger partial charge < -0.3 is 4.90 Å². The molecule has 2 heteroatoms. The Kier molecular flexibility index (Phi) is 5.45. The van der Waals surface area contributed by atoms with Crippen LogP contribution in [0, 0.1) is 11.8 Å². The molecule has 1 atom stereocenters. The summed E-state index contributed by atoms with van der Waals surface area (Å²) in [4.78, 5) is 2.48. The van der Waals surface area contributed by atoms with Crippen LogP contribution in [0.5, 0.6) is 0 Å². The first-order chi connectivity index (χ1) is 9.47. The molecule has 1 aromatic rings. The molecule has 1 aliphatic carbocycles. The van der Waals surface area contributed by atoms with Crippen LogP contribution in [0.15, 0.2) is 40.9 Å². The van der Waals surface area contributed by atoms with Crippen LogP contribution in [-0.4, -0.2) is 25.0 Å². The van der Waals surface area contributed by atoms with E-state index in [0.717, 1.165) is 16.9 Å². The van der Waals surface area contributed by atoms with Gasteiger partial charge in [0.25, 0.3) is 0 Å². The molecule has 0 amide bonds. The minimum atomic E-state index is 0.437. The number of rotatable bonds is 7. The standard InChI is InChI=1S/C18H26BrN/c1-13(2)14(3)18(12-20(4)11-15-5-6-15)16-7-9-17(19)10-8-16/h7-10,13,15,18H,3,5-6,11-12H2,1-2,4H3/t18-/m0/s1. The molecule has 2 rings (SSSR count). The van der Waals surface area contributed by atoms with Crippen molar-refractivity contribution in [3.8, 4) is 0 Å². The highest BCUT2D eigenvalue weighted by Gasteiger charge is 2.25. The van der Waals surface area contributed by atoms with E-state index >= 15 is 0 Å². The van der Waals surface area contributed by atoms with Crippen LogP contribution in [0.2, 0.25) is 0 Å². The van der Waals surface area contributed by atoms with E-state index in [1.807, 2.05) is 0 Å². The van der Waals surface area contributed by atoms with Gasteiger partial charge in [0.1, 0.15) is 0 Å². The molecule has 0 aromatic heterocycles. The number of nitrogens with zero attached hydrogens (tertiary/aromatic N) is 1. The summed E-state index contributed by atoms with van der Waals surface area (Å²) in [5.74, 6) is 1.91. The Hall–Kier alpha value is -0.600. The van der Waals surface area contributed by atoms with Gasteiger partial charge in [0, 0.05) is 23.5 Å². The van der Waals surface area contributed by atoms with E-state index in [1.54, 1.807) is 0 Å². The first-order valence-corrected chi connectivity index (χ1v) is 8.39. The fourth-order valence-electron chi connectivity index (χ4n) is 2.66. The lowest BCUT2D eigenvalue weighted by Crippen LogP contribution is -2.28. The van der Waals surface area contributed by atoms with E-state index in [4.69, 9.17) is 0 Å². The molecular weight excluding hydrogens is 310 g/mol.